The zero-order valence-electron chi connectivity index (χ0n) is 16.5. The molecular formula is C23H23N3O2S. The molecule has 5 nitrogen and oxygen atoms in total. The van der Waals surface area contributed by atoms with Gasteiger partial charge in [-0.1, -0.05) is 42.0 Å². The van der Waals surface area contributed by atoms with E-state index >= 15 is 0 Å². The SMILES string of the molecule is CNC(=O)c1ccc(CN(C(=O)c2csc(-c3ccc(C)cc3)n2)C2CC2)cc1. The molecule has 148 valence electrons. The van der Waals surface area contributed by atoms with Crippen LogP contribution >= 0.6 is 11.3 Å². The van der Waals surface area contributed by atoms with Crippen LogP contribution in [0.1, 0.15) is 44.8 Å². The summed E-state index contributed by atoms with van der Waals surface area (Å²) in [5.41, 5.74) is 4.35. The van der Waals surface area contributed by atoms with E-state index < -0.39 is 0 Å². The molecule has 29 heavy (non-hydrogen) atoms. The molecule has 6 heteroatoms. The predicted octanol–water partition coefficient (Wildman–Crippen LogP) is 4.28. The van der Waals surface area contributed by atoms with Crippen molar-refractivity contribution in [1.82, 2.24) is 15.2 Å². The topological polar surface area (TPSA) is 62.3 Å². The van der Waals surface area contributed by atoms with Crippen LogP contribution in [0.4, 0.5) is 0 Å². The van der Waals surface area contributed by atoms with Crippen molar-refractivity contribution in [3.05, 3.63) is 76.3 Å². The van der Waals surface area contributed by atoms with Crippen LogP contribution in [0.2, 0.25) is 0 Å². The van der Waals surface area contributed by atoms with Crippen LogP contribution in [0.25, 0.3) is 10.6 Å². The number of carbonyl (C=O) groups excluding carboxylic acids is 2. The molecule has 0 unspecified atom stereocenters. The van der Waals surface area contributed by atoms with E-state index in [1.807, 2.05) is 34.5 Å². The highest BCUT2D eigenvalue weighted by Gasteiger charge is 2.34. The number of thiazole rings is 1. The lowest BCUT2D eigenvalue weighted by atomic mass is 10.1. The summed E-state index contributed by atoms with van der Waals surface area (Å²) in [5.74, 6) is -0.143. The van der Waals surface area contributed by atoms with Gasteiger partial charge in [0.1, 0.15) is 10.7 Å². The van der Waals surface area contributed by atoms with E-state index in [0.717, 1.165) is 29.0 Å². The van der Waals surface area contributed by atoms with Crippen LogP contribution < -0.4 is 5.32 Å². The highest BCUT2D eigenvalue weighted by molar-refractivity contribution is 7.13. The number of hydrogen-bond acceptors (Lipinski definition) is 4. The first kappa shape index (κ1) is 19.3. The van der Waals surface area contributed by atoms with Gasteiger partial charge in [-0.15, -0.1) is 11.3 Å². The molecular weight excluding hydrogens is 382 g/mol. The number of rotatable bonds is 6. The van der Waals surface area contributed by atoms with E-state index in [4.69, 9.17) is 0 Å². The third-order valence-electron chi connectivity index (χ3n) is 5.07. The number of nitrogens with one attached hydrogen (secondary N) is 1. The molecule has 1 aromatic heterocycles. The molecule has 1 fully saturated rings. The summed E-state index contributed by atoms with van der Waals surface area (Å²) in [6, 6.07) is 15.9. The van der Waals surface area contributed by atoms with E-state index in [1.165, 1.54) is 16.9 Å². The molecule has 1 N–H and O–H groups in total. The Morgan fingerprint density at radius 1 is 1.10 bits per heavy atom. The summed E-state index contributed by atoms with van der Waals surface area (Å²) in [7, 11) is 1.61. The molecule has 0 saturated heterocycles. The van der Waals surface area contributed by atoms with Crippen LogP contribution in [0.5, 0.6) is 0 Å². The van der Waals surface area contributed by atoms with Crippen molar-refractivity contribution in [1.29, 1.82) is 0 Å². The Morgan fingerprint density at radius 2 is 1.79 bits per heavy atom. The molecule has 1 saturated carbocycles. The molecule has 0 atom stereocenters. The van der Waals surface area contributed by atoms with Crippen LogP contribution in [-0.2, 0) is 6.54 Å². The van der Waals surface area contributed by atoms with Gasteiger partial charge in [-0.2, -0.15) is 0 Å². The molecule has 0 bridgehead atoms. The van der Waals surface area contributed by atoms with Gasteiger partial charge >= 0.3 is 0 Å². The first-order valence-electron chi connectivity index (χ1n) is 9.69. The molecule has 0 radical (unpaired) electrons. The highest BCUT2D eigenvalue weighted by Crippen LogP contribution is 2.31. The summed E-state index contributed by atoms with van der Waals surface area (Å²) in [6.07, 6.45) is 2.05. The lowest BCUT2D eigenvalue weighted by Crippen LogP contribution is -2.32. The summed E-state index contributed by atoms with van der Waals surface area (Å²) in [6.45, 7) is 2.57. The number of nitrogens with zero attached hydrogens (tertiary/aromatic N) is 2. The van der Waals surface area contributed by atoms with Gasteiger partial charge in [0.25, 0.3) is 11.8 Å². The summed E-state index contributed by atoms with van der Waals surface area (Å²) in [4.78, 5) is 31.4. The quantitative estimate of drug-likeness (QED) is 0.666. The molecule has 3 aromatic rings. The monoisotopic (exact) mass is 405 g/mol. The third kappa shape index (κ3) is 4.38. The van der Waals surface area contributed by atoms with Gasteiger partial charge in [-0.25, -0.2) is 4.98 Å². The first-order chi connectivity index (χ1) is 14.0. The number of benzene rings is 2. The largest absolute Gasteiger partial charge is 0.355 e. The molecule has 1 aliphatic carbocycles. The Bertz CT molecular complexity index is 1020. The van der Waals surface area contributed by atoms with Gasteiger partial charge in [0, 0.05) is 36.1 Å². The second-order valence-corrected chi connectivity index (χ2v) is 8.20. The van der Waals surface area contributed by atoms with Crippen LogP contribution in [0.3, 0.4) is 0 Å². The van der Waals surface area contributed by atoms with Crippen molar-refractivity contribution in [3.63, 3.8) is 0 Å². The van der Waals surface area contributed by atoms with Crippen molar-refractivity contribution in [2.45, 2.75) is 32.4 Å². The molecule has 1 aliphatic rings. The Balaban J connectivity index is 1.51. The number of aryl methyl sites for hydroxylation is 1. The molecule has 2 amide bonds. The van der Waals surface area contributed by atoms with Crippen molar-refractivity contribution >= 4 is 23.2 Å². The minimum atomic E-state index is -0.113. The average molecular weight is 406 g/mol. The lowest BCUT2D eigenvalue weighted by molar-refractivity contribution is 0.0724. The minimum Gasteiger partial charge on any atom is -0.355 e. The summed E-state index contributed by atoms with van der Waals surface area (Å²) >= 11 is 1.50. The standard InChI is InChI=1S/C23H23N3O2S/c1-15-3-7-18(8-4-15)22-25-20(14-29-22)23(28)26(19-11-12-19)13-16-5-9-17(10-6-16)21(27)24-2/h3-10,14,19H,11-13H2,1-2H3,(H,24,27). The van der Waals surface area contributed by atoms with Crippen molar-refractivity contribution in [3.8, 4) is 10.6 Å². The zero-order valence-corrected chi connectivity index (χ0v) is 17.3. The van der Waals surface area contributed by atoms with Gasteiger partial charge in [0.05, 0.1) is 0 Å². The van der Waals surface area contributed by atoms with Crippen LogP contribution in [-0.4, -0.2) is 34.8 Å². The molecule has 4 rings (SSSR count). The Morgan fingerprint density at radius 3 is 2.41 bits per heavy atom. The molecule has 0 aliphatic heterocycles. The van der Waals surface area contributed by atoms with Gasteiger partial charge in [-0.3, -0.25) is 9.59 Å². The molecule has 1 heterocycles. The maximum atomic E-state index is 13.2. The van der Waals surface area contributed by atoms with E-state index in [-0.39, 0.29) is 17.9 Å². The van der Waals surface area contributed by atoms with Crippen molar-refractivity contribution in [2.24, 2.45) is 0 Å². The Labute approximate surface area is 174 Å². The lowest BCUT2D eigenvalue weighted by Gasteiger charge is -2.21. The minimum absolute atomic E-state index is 0.0301. The number of hydrogen-bond donors (Lipinski definition) is 1. The maximum Gasteiger partial charge on any atom is 0.273 e. The Hall–Kier alpha value is -2.99. The van der Waals surface area contributed by atoms with E-state index in [0.29, 0.717) is 17.8 Å². The van der Waals surface area contributed by atoms with Gasteiger partial charge in [0.2, 0.25) is 0 Å². The van der Waals surface area contributed by atoms with Gasteiger partial charge in [-0.05, 0) is 37.5 Å². The average Bonchev–Trinajstić information content (AvgIpc) is 3.47. The first-order valence-corrected chi connectivity index (χ1v) is 10.6. The van der Waals surface area contributed by atoms with Gasteiger partial charge in [0.15, 0.2) is 0 Å². The van der Waals surface area contributed by atoms with E-state index in [9.17, 15) is 9.59 Å². The normalized spacial score (nSPS) is 13.2. The number of amides is 2. The van der Waals surface area contributed by atoms with E-state index in [1.54, 1.807) is 19.2 Å². The second-order valence-electron chi connectivity index (χ2n) is 7.34. The van der Waals surface area contributed by atoms with Crippen LogP contribution in [0.15, 0.2) is 53.9 Å². The fourth-order valence-corrected chi connectivity index (χ4v) is 4.00. The fourth-order valence-electron chi connectivity index (χ4n) is 3.20. The van der Waals surface area contributed by atoms with Crippen LogP contribution in [0, 0.1) is 6.92 Å². The second kappa shape index (κ2) is 8.17. The smallest absolute Gasteiger partial charge is 0.273 e. The third-order valence-corrected chi connectivity index (χ3v) is 5.96. The zero-order chi connectivity index (χ0) is 20.4. The number of carbonyl (C=O) groups is 2. The molecule has 0 spiro atoms. The maximum absolute atomic E-state index is 13.2. The summed E-state index contributed by atoms with van der Waals surface area (Å²) < 4.78 is 0. The predicted molar refractivity (Wildman–Crippen MR) is 115 cm³/mol. The fraction of sp³-hybridized carbons (Fsp3) is 0.261. The van der Waals surface area contributed by atoms with Gasteiger partial charge < -0.3 is 10.2 Å². The highest BCUT2D eigenvalue weighted by atomic mass is 32.1. The number of aromatic nitrogens is 1. The summed E-state index contributed by atoms with van der Waals surface area (Å²) in [5, 5.41) is 5.33. The van der Waals surface area contributed by atoms with Crippen molar-refractivity contribution < 1.29 is 9.59 Å². The molecule has 2 aromatic carbocycles. The Kier molecular flexibility index (Phi) is 5.45. The van der Waals surface area contributed by atoms with E-state index in [2.05, 4.69) is 29.4 Å². The van der Waals surface area contributed by atoms with Crippen molar-refractivity contribution in [2.75, 3.05) is 7.05 Å².